The summed E-state index contributed by atoms with van der Waals surface area (Å²) in [5.41, 5.74) is 3.23. The molecule has 0 atom stereocenters. The van der Waals surface area contributed by atoms with Crippen LogP contribution in [0.3, 0.4) is 0 Å². The molecule has 1 aromatic carbocycles. The van der Waals surface area contributed by atoms with Gasteiger partial charge in [0.2, 0.25) is 0 Å². The van der Waals surface area contributed by atoms with Gasteiger partial charge in [-0.1, -0.05) is 36.4 Å². The van der Waals surface area contributed by atoms with E-state index < -0.39 is 0 Å². The van der Waals surface area contributed by atoms with E-state index in [1.807, 2.05) is 0 Å². The minimum atomic E-state index is 1.11. The molecule has 1 aromatic rings. The van der Waals surface area contributed by atoms with E-state index in [0.717, 1.165) is 6.42 Å². The van der Waals surface area contributed by atoms with Crippen molar-refractivity contribution < 1.29 is 0 Å². The molecule has 2 aliphatic rings. The van der Waals surface area contributed by atoms with Crippen molar-refractivity contribution in [1.29, 1.82) is 0 Å². The van der Waals surface area contributed by atoms with E-state index in [1.54, 1.807) is 11.1 Å². The normalized spacial score (nSPS) is 19.5. The molecule has 0 unspecified atom stereocenters. The summed E-state index contributed by atoms with van der Waals surface area (Å²) in [6.07, 6.45) is 11.2. The zero-order chi connectivity index (χ0) is 10.1. The van der Waals surface area contributed by atoms with Gasteiger partial charge in [-0.15, -0.1) is 0 Å². The lowest BCUT2D eigenvalue weighted by Gasteiger charge is -2.17. The van der Waals surface area contributed by atoms with Gasteiger partial charge in [0, 0.05) is 0 Å². The van der Waals surface area contributed by atoms with E-state index in [9.17, 15) is 0 Å². The summed E-state index contributed by atoms with van der Waals surface area (Å²) in [5, 5.41) is 2.92. The molecule has 0 heteroatoms. The van der Waals surface area contributed by atoms with E-state index >= 15 is 0 Å². The monoisotopic (exact) mass is 196 g/mol. The highest BCUT2D eigenvalue weighted by atomic mass is 14.2. The van der Waals surface area contributed by atoms with E-state index in [0.29, 0.717) is 0 Å². The molecule has 0 saturated heterocycles. The smallest absolute Gasteiger partial charge is 0.0152 e. The number of rotatable bonds is 0. The molecule has 1 saturated carbocycles. The SMILES string of the molecule is C1=C2CCCCC2=c2ccccc2=CC1. The van der Waals surface area contributed by atoms with E-state index in [1.165, 1.54) is 36.1 Å². The predicted octanol–water partition coefficient (Wildman–Crippen LogP) is 2.52. The average Bonchev–Trinajstić information content (AvgIpc) is 2.48. The Balaban J connectivity index is 2.33. The van der Waals surface area contributed by atoms with Crippen molar-refractivity contribution in [3.8, 4) is 0 Å². The van der Waals surface area contributed by atoms with Crippen LogP contribution in [0, 0.1) is 0 Å². The van der Waals surface area contributed by atoms with Crippen molar-refractivity contribution in [3.63, 3.8) is 0 Å². The van der Waals surface area contributed by atoms with Gasteiger partial charge in [-0.25, -0.2) is 0 Å². The Bertz CT molecular complexity index is 517. The first kappa shape index (κ1) is 8.96. The standard InChI is InChI=1S/C15H16/c1-3-10-14-12(6-1)8-5-9-13-7-2-4-11-15(13)14/h1,3,6,8-10H,2,4-5,7,11H2. The van der Waals surface area contributed by atoms with Crippen molar-refractivity contribution in [1.82, 2.24) is 0 Å². The maximum Gasteiger partial charge on any atom is -0.0152 e. The maximum absolute atomic E-state index is 2.43. The second-order valence-corrected chi connectivity index (χ2v) is 4.44. The van der Waals surface area contributed by atoms with E-state index in [-0.39, 0.29) is 0 Å². The molecule has 2 aliphatic carbocycles. The summed E-state index contributed by atoms with van der Waals surface area (Å²) in [4.78, 5) is 0. The molecule has 0 bridgehead atoms. The number of hydrogen-bond acceptors (Lipinski definition) is 0. The second kappa shape index (κ2) is 3.69. The van der Waals surface area contributed by atoms with Crippen molar-refractivity contribution in [2.75, 3.05) is 0 Å². The molecule has 0 nitrogen and oxygen atoms in total. The van der Waals surface area contributed by atoms with Crippen LogP contribution in [0.2, 0.25) is 0 Å². The van der Waals surface area contributed by atoms with Crippen LogP contribution in [0.5, 0.6) is 0 Å². The fourth-order valence-electron chi connectivity index (χ4n) is 2.74. The minimum absolute atomic E-state index is 1.11. The molecule has 0 aliphatic heterocycles. The molecule has 0 radical (unpaired) electrons. The van der Waals surface area contributed by atoms with Crippen LogP contribution in [0.1, 0.15) is 32.1 Å². The van der Waals surface area contributed by atoms with Crippen LogP contribution in [0.4, 0.5) is 0 Å². The largest absolute Gasteiger partial charge is 0.0772 e. The fourth-order valence-corrected chi connectivity index (χ4v) is 2.74. The Labute approximate surface area is 90.6 Å². The number of hydrogen-bond donors (Lipinski definition) is 0. The van der Waals surface area contributed by atoms with Gasteiger partial charge in [-0.2, -0.15) is 0 Å². The third-order valence-corrected chi connectivity index (χ3v) is 3.50. The predicted molar refractivity (Wildman–Crippen MR) is 64.7 cm³/mol. The highest BCUT2D eigenvalue weighted by molar-refractivity contribution is 5.66. The molecule has 0 amide bonds. The summed E-state index contributed by atoms with van der Waals surface area (Å²) in [6.45, 7) is 0. The molecule has 0 aromatic heterocycles. The summed E-state index contributed by atoms with van der Waals surface area (Å²) in [7, 11) is 0. The fraction of sp³-hybridized carbons (Fsp3) is 0.333. The Hall–Kier alpha value is -1.30. The summed E-state index contributed by atoms with van der Waals surface area (Å²) in [6, 6.07) is 8.83. The minimum Gasteiger partial charge on any atom is -0.0772 e. The zero-order valence-electron chi connectivity index (χ0n) is 9.00. The highest BCUT2D eigenvalue weighted by Gasteiger charge is 2.13. The van der Waals surface area contributed by atoms with Crippen LogP contribution < -0.4 is 10.4 Å². The molecule has 3 rings (SSSR count). The Morgan fingerprint density at radius 1 is 0.867 bits per heavy atom. The average molecular weight is 196 g/mol. The van der Waals surface area contributed by atoms with Gasteiger partial charge in [0.15, 0.2) is 0 Å². The summed E-state index contributed by atoms with van der Waals surface area (Å²) < 4.78 is 0. The Kier molecular flexibility index (Phi) is 2.21. The van der Waals surface area contributed by atoms with Crippen LogP contribution in [0.15, 0.2) is 35.9 Å². The van der Waals surface area contributed by atoms with Crippen LogP contribution in [-0.4, -0.2) is 0 Å². The van der Waals surface area contributed by atoms with E-state index in [2.05, 4.69) is 36.4 Å². The quantitative estimate of drug-likeness (QED) is 0.598. The number of benzene rings is 1. The Morgan fingerprint density at radius 2 is 1.73 bits per heavy atom. The Morgan fingerprint density at radius 3 is 2.73 bits per heavy atom. The topological polar surface area (TPSA) is 0 Å². The zero-order valence-corrected chi connectivity index (χ0v) is 9.00. The number of fused-ring (bicyclic) bond motifs is 2. The molecular formula is C15H16. The van der Waals surface area contributed by atoms with Gasteiger partial charge >= 0.3 is 0 Å². The molecule has 0 heterocycles. The van der Waals surface area contributed by atoms with Gasteiger partial charge in [0.1, 0.15) is 0 Å². The van der Waals surface area contributed by atoms with Gasteiger partial charge < -0.3 is 0 Å². The highest BCUT2D eigenvalue weighted by Crippen LogP contribution is 2.29. The molecule has 0 N–H and O–H groups in total. The van der Waals surface area contributed by atoms with Crippen molar-refractivity contribution in [2.24, 2.45) is 0 Å². The lowest BCUT2D eigenvalue weighted by molar-refractivity contribution is 0.713. The lowest BCUT2D eigenvalue weighted by atomic mass is 9.88. The summed E-state index contributed by atoms with van der Waals surface area (Å²) in [5.74, 6) is 0. The molecule has 0 spiro atoms. The first-order valence-electron chi connectivity index (χ1n) is 5.93. The van der Waals surface area contributed by atoms with Gasteiger partial charge in [-0.05, 0) is 53.7 Å². The first-order chi connectivity index (χ1) is 7.45. The molecule has 15 heavy (non-hydrogen) atoms. The second-order valence-electron chi connectivity index (χ2n) is 4.44. The third-order valence-electron chi connectivity index (χ3n) is 3.50. The molecule has 76 valence electrons. The third kappa shape index (κ3) is 1.54. The molecule has 1 fully saturated rings. The van der Waals surface area contributed by atoms with Crippen molar-refractivity contribution in [3.05, 3.63) is 46.4 Å². The maximum atomic E-state index is 2.43. The van der Waals surface area contributed by atoms with Crippen LogP contribution in [0.25, 0.3) is 11.6 Å². The van der Waals surface area contributed by atoms with Gasteiger partial charge in [0.25, 0.3) is 0 Å². The van der Waals surface area contributed by atoms with Crippen LogP contribution >= 0.6 is 0 Å². The van der Waals surface area contributed by atoms with Crippen LogP contribution in [-0.2, 0) is 0 Å². The van der Waals surface area contributed by atoms with Gasteiger partial charge in [-0.3, -0.25) is 0 Å². The lowest BCUT2D eigenvalue weighted by Crippen LogP contribution is -2.27. The van der Waals surface area contributed by atoms with E-state index in [4.69, 9.17) is 0 Å². The summed E-state index contributed by atoms with van der Waals surface area (Å²) >= 11 is 0. The van der Waals surface area contributed by atoms with Crippen molar-refractivity contribution >= 4 is 11.6 Å². The van der Waals surface area contributed by atoms with Gasteiger partial charge in [0.05, 0.1) is 0 Å². The number of allylic oxidation sites excluding steroid dienone is 2. The molecular weight excluding hydrogens is 180 g/mol. The van der Waals surface area contributed by atoms with Crippen molar-refractivity contribution in [2.45, 2.75) is 32.1 Å². The first-order valence-corrected chi connectivity index (χ1v) is 5.93.